The van der Waals surface area contributed by atoms with Crippen LogP contribution >= 0.6 is 0 Å². The second-order valence-corrected chi connectivity index (χ2v) is 5.28. The number of esters is 2. The predicted octanol–water partition coefficient (Wildman–Crippen LogP) is 0.965. The molecule has 7 nitrogen and oxygen atoms in total. The minimum Gasteiger partial charge on any atom is -0.467 e. The Labute approximate surface area is 139 Å². The summed E-state index contributed by atoms with van der Waals surface area (Å²) in [5, 5.41) is 0. The van der Waals surface area contributed by atoms with Gasteiger partial charge in [0.25, 0.3) is 5.91 Å². The first-order valence-electron chi connectivity index (χ1n) is 7.66. The molecule has 1 aliphatic rings. The van der Waals surface area contributed by atoms with Gasteiger partial charge in [-0.15, -0.1) is 0 Å². The van der Waals surface area contributed by atoms with E-state index in [1.165, 1.54) is 7.11 Å². The fraction of sp³-hybridized carbons (Fsp3) is 0.412. The molecule has 1 fully saturated rings. The molecule has 1 heterocycles. The maximum atomic E-state index is 12.9. The van der Waals surface area contributed by atoms with Gasteiger partial charge in [0.15, 0.2) is 11.8 Å². The molecule has 1 aromatic rings. The highest BCUT2D eigenvalue weighted by molar-refractivity contribution is 6.10. The number of hydrogen-bond acceptors (Lipinski definition) is 6. The lowest BCUT2D eigenvalue weighted by Crippen LogP contribution is -2.60. The Hall–Kier alpha value is -2.70. The van der Waals surface area contributed by atoms with Crippen molar-refractivity contribution in [3.63, 3.8) is 0 Å². The van der Waals surface area contributed by atoms with Crippen LogP contribution in [0.25, 0.3) is 0 Å². The monoisotopic (exact) mass is 333 g/mol. The molecule has 0 aliphatic carbocycles. The summed E-state index contributed by atoms with van der Waals surface area (Å²) in [5.74, 6) is -2.53. The molecular weight excluding hydrogens is 314 g/mol. The van der Waals surface area contributed by atoms with Crippen LogP contribution in [0.5, 0.6) is 0 Å². The molecule has 2 atom stereocenters. The van der Waals surface area contributed by atoms with Crippen LogP contribution in [0, 0.1) is 0 Å². The highest BCUT2D eigenvalue weighted by Crippen LogP contribution is 2.25. The Morgan fingerprint density at radius 1 is 1.17 bits per heavy atom. The van der Waals surface area contributed by atoms with Gasteiger partial charge in [-0.1, -0.05) is 18.2 Å². The molecule has 0 spiro atoms. The molecule has 24 heavy (non-hydrogen) atoms. The molecule has 0 N–H and O–H groups in total. The second kappa shape index (κ2) is 7.72. The summed E-state index contributed by atoms with van der Waals surface area (Å²) < 4.78 is 9.66. The van der Waals surface area contributed by atoms with E-state index in [0.29, 0.717) is 0 Å². The number of ketones is 1. The number of ether oxygens (including phenoxy) is 2. The topological polar surface area (TPSA) is 90.0 Å². The third-order valence-corrected chi connectivity index (χ3v) is 3.82. The fourth-order valence-electron chi connectivity index (χ4n) is 2.71. The van der Waals surface area contributed by atoms with Crippen molar-refractivity contribution in [3.8, 4) is 0 Å². The molecule has 2 rings (SSSR count). The van der Waals surface area contributed by atoms with Crippen molar-refractivity contribution < 1.29 is 28.7 Å². The van der Waals surface area contributed by atoms with Crippen LogP contribution in [-0.4, -0.2) is 54.3 Å². The van der Waals surface area contributed by atoms with Crippen molar-refractivity contribution in [2.45, 2.75) is 31.8 Å². The van der Waals surface area contributed by atoms with Gasteiger partial charge in [-0.25, -0.2) is 9.59 Å². The zero-order chi connectivity index (χ0) is 17.7. The van der Waals surface area contributed by atoms with Crippen molar-refractivity contribution in [2.75, 3.05) is 13.7 Å². The Balaban J connectivity index is 2.45. The SMILES string of the molecule is CCOC(=O)[C@H]1C(=O)CC[C@H](C(=O)OC)N1C(=O)c1ccccc1. The number of benzene rings is 1. The zero-order valence-electron chi connectivity index (χ0n) is 13.6. The maximum Gasteiger partial charge on any atom is 0.336 e. The average molecular weight is 333 g/mol. The van der Waals surface area contributed by atoms with Gasteiger partial charge >= 0.3 is 11.9 Å². The molecule has 1 aliphatic heterocycles. The van der Waals surface area contributed by atoms with E-state index in [2.05, 4.69) is 0 Å². The summed E-state index contributed by atoms with van der Waals surface area (Å²) in [5.41, 5.74) is 0.274. The van der Waals surface area contributed by atoms with Gasteiger partial charge in [-0.3, -0.25) is 9.59 Å². The van der Waals surface area contributed by atoms with Crippen LogP contribution in [0.2, 0.25) is 0 Å². The lowest BCUT2D eigenvalue weighted by Gasteiger charge is -2.38. The molecule has 0 unspecified atom stereocenters. The second-order valence-electron chi connectivity index (χ2n) is 5.28. The molecule has 0 bridgehead atoms. The zero-order valence-corrected chi connectivity index (χ0v) is 13.6. The average Bonchev–Trinajstić information content (AvgIpc) is 2.61. The van der Waals surface area contributed by atoms with Crippen molar-refractivity contribution in [1.82, 2.24) is 4.90 Å². The lowest BCUT2D eigenvalue weighted by molar-refractivity contribution is -0.159. The van der Waals surface area contributed by atoms with E-state index >= 15 is 0 Å². The molecule has 1 saturated heterocycles. The number of Topliss-reactive ketones (excluding diaryl/α,β-unsaturated/α-hetero) is 1. The third kappa shape index (κ3) is 3.45. The molecule has 0 radical (unpaired) electrons. The Morgan fingerprint density at radius 2 is 1.83 bits per heavy atom. The van der Waals surface area contributed by atoms with Crippen LogP contribution in [0.3, 0.4) is 0 Å². The highest BCUT2D eigenvalue weighted by atomic mass is 16.5. The Bertz CT molecular complexity index is 642. The van der Waals surface area contributed by atoms with Crippen LogP contribution in [0.15, 0.2) is 30.3 Å². The number of rotatable bonds is 4. The minimum atomic E-state index is -1.43. The molecule has 1 aromatic carbocycles. The summed E-state index contributed by atoms with van der Waals surface area (Å²) >= 11 is 0. The number of carbonyl (C=O) groups excluding carboxylic acids is 4. The third-order valence-electron chi connectivity index (χ3n) is 3.82. The first kappa shape index (κ1) is 17.7. The van der Waals surface area contributed by atoms with Gasteiger partial charge in [-0.2, -0.15) is 0 Å². The molecule has 7 heteroatoms. The van der Waals surface area contributed by atoms with Crippen LogP contribution in [0.4, 0.5) is 0 Å². The number of hydrogen-bond donors (Lipinski definition) is 0. The molecule has 0 saturated carbocycles. The standard InChI is InChI=1S/C17H19NO6/c1-3-24-17(22)14-13(19)10-9-12(16(21)23-2)18(14)15(20)11-7-5-4-6-8-11/h4-8,12,14H,3,9-10H2,1-2H3/t12-,14-/m1/s1. The maximum absolute atomic E-state index is 12.9. The van der Waals surface area contributed by atoms with Gasteiger partial charge in [0.1, 0.15) is 6.04 Å². The lowest BCUT2D eigenvalue weighted by atomic mass is 9.93. The van der Waals surface area contributed by atoms with Crippen molar-refractivity contribution in [1.29, 1.82) is 0 Å². The summed E-state index contributed by atoms with van der Waals surface area (Å²) in [6, 6.07) is 5.72. The van der Waals surface area contributed by atoms with E-state index in [9.17, 15) is 19.2 Å². The van der Waals surface area contributed by atoms with E-state index in [-0.39, 0.29) is 25.0 Å². The molecule has 1 amide bonds. The highest BCUT2D eigenvalue weighted by Gasteiger charge is 2.47. The van der Waals surface area contributed by atoms with E-state index < -0.39 is 35.7 Å². The summed E-state index contributed by atoms with van der Waals surface area (Å²) in [6.45, 7) is 1.67. The first-order chi connectivity index (χ1) is 11.5. The van der Waals surface area contributed by atoms with Crippen molar-refractivity contribution in [3.05, 3.63) is 35.9 Å². The molecule has 0 aromatic heterocycles. The largest absolute Gasteiger partial charge is 0.467 e. The molecular formula is C17H19NO6. The quantitative estimate of drug-likeness (QED) is 0.602. The first-order valence-corrected chi connectivity index (χ1v) is 7.66. The minimum absolute atomic E-state index is 0.00180. The van der Waals surface area contributed by atoms with Crippen LogP contribution in [0.1, 0.15) is 30.1 Å². The smallest absolute Gasteiger partial charge is 0.336 e. The fourth-order valence-corrected chi connectivity index (χ4v) is 2.71. The van der Waals surface area contributed by atoms with E-state index in [1.54, 1.807) is 37.3 Å². The number of methoxy groups -OCH3 is 1. The number of likely N-dealkylation sites (tertiary alicyclic amines) is 1. The van der Waals surface area contributed by atoms with Gasteiger partial charge in [0.2, 0.25) is 0 Å². The van der Waals surface area contributed by atoms with E-state index in [0.717, 1.165) is 4.90 Å². The Kier molecular flexibility index (Phi) is 5.68. The number of carbonyl (C=O) groups is 4. The summed E-state index contributed by atoms with van der Waals surface area (Å²) in [6.07, 6.45) is 0.113. The van der Waals surface area contributed by atoms with Gasteiger partial charge < -0.3 is 14.4 Å². The van der Waals surface area contributed by atoms with Crippen LogP contribution < -0.4 is 0 Å². The van der Waals surface area contributed by atoms with E-state index in [1.807, 2.05) is 0 Å². The number of amides is 1. The number of nitrogens with zero attached hydrogens (tertiary/aromatic N) is 1. The van der Waals surface area contributed by atoms with E-state index in [4.69, 9.17) is 9.47 Å². The normalized spacial score (nSPS) is 20.4. The number of piperidine rings is 1. The Morgan fingerprint density at radius 3 is 2.42 bits per heavy atom. The van der Waals surface area contributed by atoms with Gasteiger partial charge in [0.05, 0.1) is 13.7 Å². The predicted molar refractivity (Wildman–Crippen MR) is 83.1 cm³/mol. The van der Waals surface area contributed by atoms with Gasteiger partial charge in [0, 0.05) is 12.0 Å². The van der Waals surface area contributed by atoms with Crippen molar-refractivity contribution >= 4 is 23.6 Å². The van der Waals surface area contributed by atoms with Crippen LogP contribution in [-0.2, 0) is 23.9 Å². The summed E-state index contributed by atoms with van der Waals surface area (Å²) in [7, 11) is 1.20. The van der Waals surface area contributed by atoms with Crippen molar-refractivity contribution in [2.24, 2.45) is 0 Å². The molecule has 128 valence electrons. The van der Waals surface area contributed by atoms with Gasteiger partial charge in [-0.05, 0) is 25.5 Å². The summed E-state index contributed by atoms with van der Waals surface area (Å²) in [4.78, 5) is 50.4.